The van der Waals surface area contributed by atoms with Crippen LogP contribution in [0.3, 0.4) is 0 Å². The maximum Gasteiger partial charge on any atom is 0.254 e. The Morgan fingerprint density at radius 1 is 0.867 bits per heavy atom. The molecule has 3 heterocycles. The minimum absolute atomic E-state index is 0.0219. The van der Waals surface area contributed by atoms with E-state index in [9.17, 15) is 24.3 Å². The van der Waals surface area contributed by atoms with E-state index in [2.05, 4.69) is 25.7 Å². The van der Waals surface area contributed by atoms with E-state index >= 15 is 0 Å². The molecule has 9 heteroatoms. The van der Waals surface area contributed by atoms with Crippen LogP contribution in [-0.2, 0) is 9.59 Å². The molecule has 0 spiro atoms. The Hall–Kier alpha value is -5.10. The van der Waals surface area contributed by atoms with Crippen molar-refractivity contribution in [1.29, 1.82) is 0 Å². The zero-order valence-corrected chi connectivity index (χ0v) is 25.4. The highest BCUT2D eigenvalue weighted by molar-refractivity contribution is 6.09. The molecule has 0 aromatic heterocycles. The molecular formula is C36H35N3O6. The van der Waals surface area contributed by atoms with E-state index in [1.807, 2.05) is 12.1 Å². The number of carbonyl (C=O) groups excluding carboxylic acids is 3. The number of phenols is 1. The summed E-state index contributed by atoms with van der Waals surface area (Å²) in [5.74, 6) is 6.56. The van der Waals surface area contributed by atoms with Crippen LogP contribution in [0, 0.1) is 23.7 Å². The summed E-state index contributed by atoms with van der Waals surface area (Å²) in [6.45, 7) is 6.58. The molecule has 2 atom stereocenters. The van der Waals surface area contributed by atoms with Crippen LogP contribution in [0.4, 0.5) is 0 Å². The molecule has 3 amide bonds. The lowest BCUT2D eigenvalue weighted by Crippen LogP contribution is -2.51. The zero-order valence-electron chi connectivity index (χ0n) is 25.4. The smallest absolute Gasteiger partial charge is 0.254 e. The van der Waals surface area contributed by atoms with Crippen LogP contribution in [-0.4, -0.2) is 76.8 Å². The van der Waals surface area contributed by atoms with E-state index in [1.54, 1.807) is 45.0 Å². The van der Waals surface area contributed by atoms with Crippen LogP contribution in [0.1, 0.15) is 37.0 Å². The summed E-state index contributed by atoms with van der Waals surface area (Å²) in [4.78, 5) is 57.5. The Morgan fingerprint density at radius 2 is 1.60 bits per heavy atom. The molecule has 1 saturated heterocycles. The van der Waals surface area contributed by atoms with E-state index in [1.165, 1.54) is 18.2 Å². The predicted octanol–water partition coefficient (Wildman–Crippen LogP) is 4.45. The van der Waals surface area contributed by atoms with E-state index in [0.717, 1.165) is 5.56 Å². The molecule has 0 saturated carbocycles. The maximum absolute atomic E-state index is 14.0. The topological polar surface area (TPSA) is 111 Å². The van der Waals surface area contributed by atoms with E-state index in [4.69, 9.17) is 4.42 Å². The third-order valence-corrected chi connectivity index (χ3v) is 8.88. The number of fused-ring (bicyclic) bond motifs is 2. The number of piperazine rings is 1. The highest BCUT2D eigenvalue weighted by Gasteiger charge is 2.30. The Balaban J connectivity index is 1.20. The number of amides is 3. The molecule has 4 aliphatic rings. The molecule has 0 radical (unpaired) electrons. The summed E-state index contributed by atoms with van der Waals surface area (Å²) < 4.78 is 5.98. The quantitative estimate of drug-likeness (QED) is 0.209. The molecule has 9 nitrogen and oxygen atoms in total. The van der Waals surface area contributed by atoms with Gasteiger partial charge >= 0.3 is 0 Å². The van der Waals surface area contributed by atoms with Gasteiger partial charge in [0, 0.05) is 85.8 Å². The second-order valence-electron chi connectivity index (χ2n) is 11.9. The number of phenolic OH excluding ortho intramolecular Hbond substituents is 1. The Morgan fingerprint density at radius 3 is 2.40 bits per heavy atom. The molecule has 0 unspecified atom stereocenters. The summed E-state index contributed by atoms with van der Waals surface area (Å²) in [6, 6.07) is 16.6. The van der Waals surface area contributed by atoms with Gasteiger partial charge in [0.25, 0.3) is 5.91 Å². The highest BCUT2D eigenvalue weighted by atomic mass is 16.3. The second kappa shape index (κ2) is 12.5. The lowest BCUT2D eigenvalue weighted by molar-refractivity contribution is -0.141. The van der Waals surface area contributed by atoms with Gasteiger partial charge in [0.05, 0.1) is 0 Å². The summed E-state index contributed by atoms with van der Waals surface area (Å²) in [5.41, 5.74) is 2.72. The Kier molecular flexibility index (Phi) is 8.31. The van der Waals surface area contributed by atoms with Crippen molar-refractivity contribution in [2.45, 2.75) is 26.7 Å². The van der Waals surface area contributed by atoms with E-state index in [-0.39, 0.29) is 47.2 Å². The fourth-order valence-corrected chi connectivity index (χ4v) is 6.11. The van der Waals surface area contributed by atoms with Crippen molar-refractivity contribution in [3.8, 4) is 40.0 Å². The second-order valence-corrected chi connectivity index (χ2v) is 11.9. The largest absolute Gasteiger partial charge is 0.508 e. The molecule has 230 valence electrons. The lowest BCUT2D eigenvalue weighted by atomic mass is 9.90. The minimum atomic E-state index is -0.228. The van der Waals surface area contributed by atoms with Crippen LogP contribution in [0.2, 0.25) is 0 Å². The Bertz CT molecular complexity index is 1880. The van der Waals surface area contributed by atoms with Gasteiger partial charge in [-0.3, -0.25) is 19.2 Å². The first kappa shape index (κ1) is 29.9. The molecule has 3 aliphatic heterocycles. The van der Waals surface area contributed by atoms with E-state index < -0.39 is 0 Å². The van der Waals surface area contributed by atoms with Crippen LogP contribution >= 0.6 is 0 Å². The monoisotopic (exact) mass is 605 g/mol. The number of aromatic hydroxyl groups is 1. The van der Waals surface area contributed by atoms with Gasteiger partial charge in [0.15, 0.2) is 5.43 Å². The highest BCUT2D eigenvalue weighted by Crippen LogP contribution is 2.42. The SMILES string of the molecule is C[C@H]1C#CCCN(C(=O)CC(=O)N2CCN(C(=O)c3ccccc3-c3c4ccc(=O)cc-4oc4cc(O)ccc34)CC2)C[C@@H]1C. The van der Waals surface area contributed by atoms with Gasteiger partial charge in [-0.1, -0.05) is 38.0 Å². The molecule has 2 aromatic rings. The first-order chi connectivity index (χ1) is 21.7. The zero-order chi connectivity index (χ0) is 31.7. The Labute approximate surface area is 261 Å². The van der Waals surface area contributed by atoms with Gasteiger partial charge in [0.1, 0.15) is 23.5 Å². The molecule has 1 fully saturated rings. The summed E-state index contributed by atoms with van der Waals surface area (Å²) in [6.07, 6.45) is 0.413. The number of carbonyl (C=O) groups is 3. The molecule has 45 heavy (non-hydrogen) atoms. The van der Waals surface area contributed by atoms with Gasteiger partial charge in [0.2, 0.25) is 11.8 Å². The normalized spacial score (nSPS) is 18.7. The molecule has 1 N–H and O–H groups in total. The van der Waals surface area contributed by atoms with Crippen LogP contribution in [0.5, 0.6) is 5.75 Å². The van der Waals surface area contributed by atoms with Gasteiger partial charge in [-0.2, -0.15) is 0 Å². The van der Waals surface area contributed by atoms with Crippen molar-refractivity contribution in [1.82, 2.24) is 14.7 Å². The average Bonchev–Trinajstić information content (AvgIpc) is 3.03. The number of hydrogen-bond donors (Lipinski definition) is 1. The molecular weight excluding hydrogens is 570 g/mol. The first-order valence-corrected chi connectivity index (χ1v) is 15.3. The third kappa shape index (κ3) is 6.14. The summed E-state index contributed by atoms with van der Waals surface area (Å²) in [7, 11) is 0. The average molecular weight is 606 g/mol. The number of rotatable bonds is 4. The van der Waals surface area contributed by atoms with E-state index in [0.29, 0.717) is 79.1 Å². The van der Waals surface area contributed by atoms with Crippen LogP contribution in [0.15, 0.2) is 69.9 Å². The van der Waals surface area contributed by atoms with Crippen molar-refractivity contribution in [2.75, 3.05) is 39.3 Å². The van der Waals surface area contributed by atoms with Crippen molar-refractivity contribution in [3.63, 3.8) is 0 Å². The van der Waals surface area contributed by atoms with Gasteiger partial charge in [-0.15, -0.1) is 5.92 Å². The fraction of sp³-hybridized carbons (Fsp3) is 0.333. The maximum atomic E-state index is 14.0. The number of hydrogen-bond acceptors (Lipinski definition) is 6. The van der Waals surface area contributed by atoms with Gasteiger partial charge < -0.3 is 24.2 Å². The van der Waals surface area contributed by atoms with Crippen molar-refractivity contribution in [3.05, 3.63) is 76.5 Å². The molecule has 1 aliphatic carbocycles. The number of benzene rings is 3. The van der Waals surface area contributed by atoms with Crippen molar-refractivity contribution >= 4 is 28.7 Å². The standard InChI is InChI=1S/C36H35N3O6/c1-23-7-5-6-14-39(22-24(23)2)34(43)21-33(42)37-15-17-38(18-16-37)36(44)28-9-4-3-8-27(28)35-29-12-10-25(40)19-31(29)45-32-20-26(41)11-13-30(32)35/h3-4,8-13,19-20,23-24,40H,6,14-18,21-22H2,1-2H3/t23-,24-/m0/s1. The predicted molar refractivity (Wildman–Crippen MR) is 171 cm³/mol. The lowest BCUT2D eigenvalue weighted by Gasteiger charge is -2.35. The molecule has 2 aromatic carbocycles. The minimum Gasteiger partial charge on any atom is -0.508 e. The van der Waals surface area contributed by atoms with Crippen LogP contribution in [0.25, 0.3) is 33.4 Å². The molecule has 6 rings (SSSR count). The summed E-state index contributed by atoms with van der Waals surface area (Å²) >= 11 is 0. The number of nitrogens with zero attached hydrogens (tertiary/aromatic N) is 3. The van der Waals surface area contributed by atoms with Crippen molar-refractivity contribution < 1.29 is 23.9 Å². The first-order valence-electron chi connectivity index (χ1n) is 15.3. The summed E-state index contributed by atoms with van der Waals surface area (Å²) in [5, 5.41) is 10.8. The molecule has 0 bridgehead atoms. The van der Waals surface area contributed by atoms with Crippen LogP contribution < -0.4 is 5.43 Å². The van der Waals surface area contributed by atoms with Crippen molar-refractivity contribution in [2.24, 2.45) is 11.8 Å². The van der Waals surface area contributed by atoms with Gasteiger partial charge in [-0.05, 0) is 41.8 Å². The third-order valence-electron chi connectivity index (χ3n) is 8.88. The van der Waals surface area contributed by atoms with Gasteiger partial charge in [-0.25, -0.2) is 0 Å². The fourth-order valence-electron chi connectivity index (χ4n) is 6.11.